The summed E-state index contributed by atoms with van der Waals surface area (Å²) in [6.07, 6.45) is 2.23. The van der Waals surface area contributed by atoms with Crippen molar-refractivity contribution in [1.29, 1.82) is 0 Å². The molecule has 3 rings (SSSR count). The van der Waals surface area contributed by atoms with E-state index in [1.165, 1.54) is 22.9 Å². The normalized spacial score (nSPS) is 16.8. The van der Waals surface area contributed by atoms with Gasteiger partial charge in [0.15, 0.2) is 0 Å². The number of benzene rings is 1. The van der Waals surface area contributed by atoms with Crippen LogP contribution in [-0.2, 0) is 16.1 Å². The first-order valence-electron chi connectivity index (χ1n) is 8.34. The van der Waals surface area contributed by atoms with Crippen LogP contribution in [0, 0.1) is 5.82 Å². The van der Waals surface area contributed by atoms with Crippen LogP contribution in [0.15, 0.2) is 41.2 Å². The molecule has 1 fully saturated rings. The zero-order chi connectivity index (χ0) is 17.6. The number of aromatic nitrogens is 2. The summed E-state index contributed by atoms with van der Waals surface area (Å²) in [6.45, 7) is 1.43. The SMILES string of the molecule is O=C(CCn1nc(-c2ccc(F)cc2)ccc1=O)NCC1CCCO1. The fourth-order valence-electron chi connectivity index (χ4n) is 2.71. The van der Waals surface area contributed by atoms with Gasteiger partial charge < -0.3 is 10.1 Å². The molecule has 1 saturated heterocycles. The number of aryl methyl sites for hydroxylation is 1. The summed E-state index contributed by atoms with van der Waals surface area (Å²) < 4.78 is 19.7. The number of carbonyl (C=O) groups is 1. The second kappa shape index (κ2) is 8.02. The molecule has 1 unspecified atom stereocenters. The standard InChI is InChI=1S/C18H20FN3O3/c19-14-5-3-13(4-6-14)16-7-8-18(24)22(21-16)10-9-17(23)20-12-15-2-1-11-25-15/h3-8,15H,1-2,9-12H2,(H,20,23). The first kappa shape index (κ1) is 17.3. The predicted octanol–water partition coefficient (Wildman–Crippen LogP) is 1.73. The summed E-state index contributed by atoms with van der Waals surface area (Å²) >= 11 is 0. The number of halogens is 1. The van der Waals surface area contributed by atoms with Crippen molar-refractivity contribution in [2.75, 3.05) is 13.2 Å². The lowest BCUT2D eigenvalue weighted by Crippen LogP contribution is -2.33. The van der Waals surface area contributed by atoms with Crippen LogP contribution in [0.25, 0.3) is 11.3 Å². The highest BCUT2D eigenvalue weighted by molar-refractivity contribution is 5.75. The monoisotopic (exact) mass is 345 g/mol. The molecule has 1 aliphatic heterocycles. The third-order valence-electron chi connectivity index (χ3n) is 4.11. The van der Waals surface area contributed by atoms with Crippen molar-refractivity contribution in [1.82, 2.24) is 15.1 Å². The van der Waals surface area contributed by atoms with Crippen molar-refractivity contribution < 1.29 is 13.9 Å². The van der Waals surface area contributed by atoms with E-state index in [1.54, 1.807) is 18.2 Å². The molecule has 0 bridgehead atoms. The van der Waals surface area contributed by atoms with E-state index in [4.69, 9.17) is 4.74 Å². The summed E-state index contributed by atoms with van der Waals surface area (Å²) in [5, 5.41) is 7.08. The van der Waals surface area contributed by atoms with Gasteiger partial charge in [0, 0.05) is 31.2 Å². The van der Waals surface area contributed by atoms with Crippen LogP contribution in [0.1, 0.15) is 19.3 Å². The molecule has 7 heteroatoms. The van der Waals surface area contributed by atoms with Gasteiger partial charge in [-0.05, 0) is 43.2 Å². The van der Waals surface area contributed by atoms with E-state index in [0.717, 1.165) is 19.4 Å². The van der Waals surface area contributed by atoms with Crippen molar-refractivity contribution in [3.8, 4) is 11.3 Å². The molecule has 1 aromatic heterocycles. The van der Waals surface area contributed by atoms with Crippen molar-refractivity contribution >= 4 is 5.91 Å². The molecule has 1 N–H and O–H groups in total. The van der Waals surface area contributed by atoms with Crippen LogP contribution in [0.4, 0.5) is 4.39 Å². The summed E-state index contributed by atoms with van der Waals surface area (Å²) in [6, 6.07) is 8.86. The Morgan fingerprint density at radius 2 is 2.08 bits per heavy atom. The third-order valence-corrected chi connectivity index (χ3v) is 4.11. The van der Waals surface area contributed by atoms with Gasteiger partial charge in [0.05, 0.1) is 18.3 Å². The van der Waals surface area contributed by atoms with E-state index in [2.05, 4.69) is 10.4 Å². The van der Waals surface area contributed by atoms with Gasteiger partial charge in [0.25, 0.3) is 5.56 Å². The highest BCUT2D eigenvalue weighted by Gasteiger charge is 2.16. The van der Waals surface area contributed by atoms with E-state index < -0.39 is 0 Å². The number of carbonyl (C=O) groups excluding carboxylic acids is 1. The Balaban J connectivity index is 1.59. The largest absolute Gasteiger partial charge is 0.376 e. The maximum atomic E-state index is 13.0. The lowest BCUT2D eigenvalue weighted by Gasteiger charge is -2.11. The molecule has 0 radical (unpaired) electrons. The number of hydrogen-bond acceptors (Lipinski definition) is 4. The Labute approximate surface area is 144 Å². The fraction of sp³-hybridized carbons (Fsp3) is 0.389. The van der Waals surface area contributed by atoms with Crippen molar-refractivity contribution in [3.63, 3.8) is 0 Å². The molecule has 0 aliphatic carbocycles. The number of ether oxygens (including phenoxy) is 1. The molecule has 1 aromatic carbocycles. The minimum atomic E-state index is -0.333. The van der Waals surface area contributed by atoms with Crippen LogP contribution in [0.2, 0.25) is 0 Å². The fourth-order valence-corrected chi connectivity index (χ4v) is 2.71. The zero-order valence-corrected chi connectivity index (χ0v) is 13.8. The smallest absolute Gasteiger partial charge is 0.266 e. The molecule has 25 heavy (non-hydrogen) atoms. The van der Waals surface area contributed by atoms with E-state index in [0.29, 0.717) is 17.8 Å². The molecule has 2 aromatic rings. The molecule has 0 saturated carbocycles. The molecular formula is C18H20FN3O3. The molecule has 1 atom stereocenters. The van der Waals surface area contributed by atoms with E-state index in [-0.39, 0.29) is 36.4 Å². The Kier molecular flexibility index (Phi) is 5.55. The van der Waals surface area contributed by atoms with Crippen LogP contribution >= 0.6 is 0 Å². The molecule has 132 valence electrons. The predicted molar refractivity (Wildman–Crippen MR) is 90.5 cm³/mol. The third kappa shape index (κ3) is 4.73. The minimum Gasteiger partial charge on any atom is -0.376 e. The summed E-state index contributed by atoms with van der Waals surface area (Å²) in [5.41, 5.74) is 0.982. The van der Waals surface area contributed by atoms with E-state index in [9.17, 15) is 14.0 Å². The van der Waals surface area contributed by atoms with Gasteiger partial charge in [-0.25, -0.2) is 9.07 Å². The van der Waals surface area contributed by atoms with Crippen LogP contribution in [0.3, 0.4) is 0 Å². The molecule has 2 heterocycles. The van der Waals surface area contributed by atoms with Crippen molar-refractivity contribution in [2.45, 2.75) is 31.9 Å². The second-order valence-corrected chi connectivity index (χ2v) is 5.98. The van der Waals surface area contributed by atoms with E-state index in [1.807, 2.05) is 0 Å². The first-order chi connectivity index (χ1) is 12.1. The minimum absolute atomic E-state index is 0.0894. The maximum absolute atomic E-state index is 13.0. The Morgan fingerprint density at radius 1 is 1.28 bits per heavy atom. The number of rotatable bonds is 6. The lowest BCUT2D eigenvalue weighted by atomic mass is 10.1. The van der Waals surface area contributed by atoms with Gasteiger partial charge in [-0.3, -0.25) is 9.59 Å². The highest BCUT2D eigenvalue weighted by atomic mass is 19.1. The quantitative estimate of drug-likeness (QED) is 0.865. The average Bonchev–Trinajstić information content (AvgIpc) is 3.13. The zero-order valence-electron chi connectivity index (χ0n) is 13.8. The van der Waals surface area contributed by atoms with Gasteiger partial charge in [-0.2, -0.15) is 5.10 Å². The van der Waals surface area contributed by atoms with Crippen molar-refractivity contribution in [3.05, 3.63) is 52.6 Å². The molecule has 6 nitrogen and oxygen atoms in total. The Morgan fingerprint density at radius 3 is 2.80 bits per heavy atom. The number of nitrogens with zero attached hydrogens (tertiary/aromatic N) is 2. The van der Waals surface area contributed by atoms with Crippen LogP contribution in [-0.4, -0.2) is 34.9 Å². The Bertz CT molecular complexity index is 783. The van der Waals surface area contributed by atoms with Gasteiger partial charge in [-0.15, -0.1) is 0 Å². The average molecular weight is 345 g/mol. The number of nitrogens with one attached hydrogen (secondary N) is 1. The molecule has 0 spiro atoms. The van der Waals surface area contributed by atoms with Crippen LogP contribution < -0.4 is 10.9 Å². The van der Waals surface area contributed by atoms with Gasteiger partial charge in [0.2, 0.25) is 5.91 Å². The topological polar surface area (TPSA) is 73.2 Å². The summed E-state index contributed by atoms with van der Waals surface area (Å²) in [4.78, 5) is 23.9. The number of hydrogen-bond donors (Lipinski definition) is 1. The maximum Gasteiger partial charge on any atom is 0.266 e. The summed E-state index contributed by atoms with van der Waals surface area (Å²) in [7, 11) is 0. The van der Waals surface area contributed by atoms with Crippen LogP contribution in [0.5, 0.6) is 0 Å². The first-order valence-corrected chi connectivity index (χ1v) is 8.34. The van der Waals surface area contributed by atoms with Crippen molar-refractivity contribution in [2.24, 2.45) is 0 Å². The molecule has 1 amide bonds. The number of amides is 1. The van der Waals surface area contributed by atoms with E-state index >= 15 is 0 Å². The Hall–Kier alpha value is -2.54. The highest BCUT2D eigenvalue weighted by Crippen LogP contribution is 2.15. The van der Waals surface area contributed by atoms with Gasteiger partial charge in [0.1, 0.15) is 5.82 Å². The molecular weight excluding hydrogens is 325 g/mol. The van der Waals surface area contributed by atoms with Gasteiger partial charge >= 0.3 is 0 Å². The second-order valence-electron chi connectivity index (χ2n) is 5.98. The van der Waals surface area contributed by atoms with Gasteiger partial charge in [-0.1, -0.05) is 0 Å². The lowest BCUT2D eigenvalue weighted by molar-refractivity contribution is -0.121. The summed E-state index contributed by atoms with van der Waals surface area (Å²) in [5.74, 6) is -0.476. The molecule has 1 aliphatic rings.